The summed E-state index contributed by atoms with van der Waals surface area (Å²) in [6.45, 7) is 9.10. The number of thioether (sulfide) groups is 1. The molecule has 192 valence electrons. The number of unbranched alkanes of at least 4 members (excludes halogenated alkanes) is 2. The van der Waals surface area contributed by atoms with Gasteiger partial charge in [0.1, 0.15) is 6.04 Å². The van der Waals surface area contributed by atoms with Crippen LogP contribution in [-0.4, -0.2) is 107 Å². The van der Waals surface area contributed by atoms with Crippen LogP contribution in [0.3, 0.4) is 0 Å². The zero-order valence-corrected chi connectivity index (χ0v) is 21.2. The minimum Gasteiger partial charge on any atom is -0.466 e. The second kappa shape index (κ2) is 10.7. The Hall–Kier alpha value is -1.36. The highest BCUT2D eigenvalue weighted by atomic mass is 32.2. The van der Waals surface area contributed by atoms with Crippen LogP contribution >= 0.6 is 11.8 Å². The average molecular weight is 498 g/mol. The molecule has 4 heterocycles. The van der Waals surface area contributed by atoms with E-state index in [4.69, 9.17) is 14.6 Å². The van der Waals surface area contributed by atoms with Crippen molar-refractivity contribution in [2.45, 2.75) is 61.5 Å². The number of rotatable bonds is 11. The molecule has 1 spiro atoms. The van der Waals surface area contributed by atoms with Crippen LogP contribution in [0.1, 0.15) is 46.0 Å². The Balaban J connectivity index is 1.53. The van der Waals surface area contributed by atoms with E-state index in [1.165, 1.54) is 0 Å². The molecule has 4 aliphatic heterocycles. The number of nitrogens with zero attached hydrogens (tertiary/aromatic N) is 2. The lowest BCUT2D eigenvalue weighted by Gasteiger charge is -2.34. The zero-order chi connectivity index (χ0) is 24.3. The first kappa shape index (κ1) is 25.7. The third-order valence-electron chi connectivity index (χ3n) is 7.95. The van der Waals surface area contributed by atoms with Crippen LogP contribution in [0, 0.1) is 11.8 Å². The number of likely N-dealkylation sites (tertiary alicyclic amines) is 1. The number of amides is 2. The highest BCUT2D eigenvalue weighted by Gasteiger charge is 2.77. The molecule has 9 nitrogen and oxygen atoms in total. The van der Waals surface area contributed by atoms with Gasteiger partial charge in [0.2, 0.25) is 11.8 Å². The Morgan fingerprint density at radius 1 is 1.21 bits per heavy atom. The van der Waals surface area contributed by atoms with Crippen molar-refractivity contribution in [3.05, 3.63) is 0 Å². The second-order valence-corrected chi connectivity index (χ2v) is 11.9. The molecule has 2 bridgehead atoms. The van der Waals surface area contributed by atoms with Gasteiger partial charge in [-0.2, -0.15) is 0 Å². The number of carbonyl (C=O) groups excluding carboxylic acids is 3. The first-order valence-corrected chi connectivity index (χ1v) is 13.6. The number of hydrogen-bond donors (Lipinski definition) is 2. The van der Waals surface area contributed by atoms with E-state index < -0.39 is 22.6 Å². The van der Waals surface area contributed by atoms with E-state index in [9.17, 15) is 14.4 Å². The normalized spacial score (nSPS) is 35.0. The highest BCUT2D eigenvalue weighted by molar-refractivity contribution is 8.02. The summed E-state index contributed by atoms with van der Waals surface area (Å²) in [6.07, 6.45) is 3.72. The van der Waals surface area contributed by atoms with Crippen molar-refractivity contribution in [1.82, 2.24) is 15.1 Å². The van der Waals surface area contributed by atoms with E-state index in [1.54, 1.807) is 23.6 Å². The summed E-state index contributed by atoms with van der Waals surface area (Å²) < 4.78 is 9.82. The van der Waals surface area contributed by atoms with Crippen LogP contribution in [0.2, 0.25) is 0 Å². The van der Waals surface area contributed by atoms with Gasteiger partial charge in [0.15, 0.2) is 0 Å². The van der Waals surface area contributed by atoms with E-state index >= 15 is 0 Å². The van der Waals surface area contributed by atoms with Gasteiger partial charge in [0.25, 0.3) is 0 Å². The molecule has 0 radical (unpaired) electrons. The van der Waals surface area contributed by atoms with Gasteiger partial charge in [0.05, 0.1) is 36.4 Å². The Bertz CT molecular complexity index is 778. The number of hydrogen-bond acceptors (Lipinski definition) is 8. The van der Waals surface area contributed by atoms with Gasteiger partial charge in [-0.1, -0.05) is 0 Å². The van der Waals surface area contributed by atoms with Crippen LogP contribution in [0.5, 0.6) is 0 Å². The largest absolute Gasteiger partial charge is 0.466 e. The number of ether oxygens (including phenoxy) is 2. The average Bonchev–Trinajstić information content (AvgIpc) is 3.38. The highest BCUT2D eigenvalue weighted by Crippen LogP contribution is 2.71. The third-order valence-corrected chi connectivity index (χ3v) is 9.94. The molecule has 0 aliphatic carbocycles. The van der Waals surface area contributed by atoms with E-state index in [0.29, 0.717) is 32.7 Å². The summed E-state index contributed by atoms with van der Waals surface area (Å²) in [5, 5.41) is 12.2. The van der Waals surface area contributed by atoms with Crippen LogP contribution in [0.15, 0.2) is 0 Å². The van der Waals surface area contributed by atoms with E-state index in [1.807, 2.05) is 0 Å². The van der Waals surface area contributed by atoms with Crippen molar-refractivity contribution in [2.75, 3.05) is 59.2 Å². The van der Waals surface area contributed by atoms with Crippen molar-refractivity contribution in [2.24, 2.45) is 11.8 Å². The molecule has 0 aromatic carbocycles. The molecular weight excluding hydrogens is 458 g/mol. The van der Waals surface area contributed by atoms with Gasteiger partial charge >= 0.3 is 5.97 Å². The predicted octanol–water partition coefficient (Wildman–Crippen LogP) is 0.642. The smallest absolute Gasteiger partial charge is 0.311 e. The number of esters is 1. The molecule has 4 aliphatic rings. The maximum Gasteiger partial charge on any atom is 0.311 e. The molecule has 10 heteroatoms. The minimum atomic E-state index is -0.594. The quantitative estimate of drug-likeness (QED) is 0.316. The summed E-state index contributed by atoms with van der Waals surface area (Å²) in [7, 11) is 0. The van der Waals surface area contributed by atoms with E-state index in [0.717, 1.165) is 45.3 Å². The number of nitrogens with one attached hydrogen (secondary N) is 1. The van der Waals surface area contributed by atoms with Gasteiger partial charge in [-0.05, 0) is 46.0 Å². The van der Waals surface area contributed by atoms with Gasteiger partial charge in [-0.25, -0.2) is 0 Å². The fourth-order valence-corrected chi connectivity index (χ4v) is 8.73. The molecule has 2 amide bonds. The lowest BCUT2D eigenvalue weighted by molar-refractivity contribution is -0.155. The maximum atomic E-state index is 13.8. The first-order valence-electron chi connectivity index (χ1n) is 12.7. The number of carbonyl (C=O) groups is 3. The van der Waals surface area contributed by atoms with Crippen LogP contribution in [0.4, 0.5) is 0 Å². The molecule has 0 aromatic heterocycles. The molecule has 2 N–H and O–H groups in total. The van der Waals surface area contributed by atoms with Gasteiger partial charge in [-0.3, -0.25) is 19.3 Å². The molecular formula is C24H39N3O6S. The summed E-state index contributed by atoms with van der Waals surface area (Å²) >= 11 is 1.67. The van der Waals surface area contributed by atoms with Crippen molar-refractivity contribution in [1.29, 1.82) is 0 Å². The number of aliphatic hydroxyl groups is 1. The zero-order valence-electron chi connectivity index (χ0n) is 20.4. The standard InChI is InChI=1S/C24H39N3O6S/c1-3-33-22(31)18-17-21(30)27(10-5-4-6-14-28)19(24(17)8-7-23(18,2)34-24)20(29)25-9-11-26-12-15-32-16-13-26/h17-19,28H,3-16H2,1-2H3,(H,25,29)/t17-,18+,19?,23-,24?/m0/s1. The van der Waals surface area contributed by atoms with E-state index in [2.05, 4.69) is 17.1 Å². The molecule has 0 saturated carbocycles. The van der Waals surface area contributed by atoms with Crippen molar-refractivity contribution in [3.63, 3.8) is 0 Å². The summed E-state index contributed by atoms with van der Waals surface area (Å²) in [4.78, 5) is 44.4. The van der Waals surface area contributed by atoms with Gasteiger partial charge < -0.3 is 24.8 Å². The molecule has 0 aromatic rings. The third kappa shape index (κ3) is 4.58. The lowest BCUT2D eigenvalue weighted by Crippen LogP contribution is -2.54. The second-order valence-electron chi connectivity index (χ2n) is 10.0. The Kier molecular flexibility index (Phi) is 8.11. The van der Waals surface area contributed by atoms with Crippen molar-refractivity contribution < 1.29 is 29.0 Å². The Labute approximate surface area is 206 Å². The fraction of sp³-hybridized carbons (Fsp3) is 0.875. The van der Waals surface area contributed by atoms with Crippen molar-refractivity contribution >= 4 is 29.5 Å². The Morgan fingerprint density at radius 3 is 2.68 bits per heavy atom. The van der Waals surface area contributed by atoms with Crippen LogP contribution in [0.25, 0.3) is 0 Å². The predicted molar refractivity (Wildman–Crippen MR) is 128 cm³/mol. The van der Waals surface area contributed by atoms with Gasteiger partial charge in [0, 0.05) is 44.1 Å². The first-order chi connectivity index (χ1) is 16.4. The number of aliphatic hydroxyl groups excluding tert-OH is 1. The molecule has 4 fully saturated rings. The fourth-order valence-electron chi connectivity index (χ4n) is 6.39. The molecule has 34 heavy (non-hydrogen) atoms. The molecule has 4 saturated heterocycles. The summed E-state index contributed by atoms with van der Waals surface area (Å²) in [6, 6.07) is -0.588. The minimum absolute atomic E-state index is 0.0914. The monoisotopic (exact) mass is 497 g/mol. The summed E-state index contributed by atoms with van der Waals surface area (Å²) in [5.74, 6) is -1.57. The maximum absolute atomic E-state index is 13.8. The van der Waals surface area contributed by atoms with Crippen molar-refractivity contribution in [3.8, 4) is 0 Å². The Morgan fingerprint density at radius 2 is 1.97 bits per heavy atom. The molecule has 4 rings (SSSR count). The van der Waals surface area contributed by atoms with Crippen LogP contribution in [-0.2, 0) is 23.9 Å². The summed E-state index contributed by atoms with van der Waals surface area (Å²) in [5.41, 5.74) is 0. The van der Waals surface area contributed by atoms with Crippen LogP contribution < -0.4 is 5.32 Å². The lowest BCUT2D eigenvalue weighted by atomic mass is 9.66. The number of fused-ring (bicyclic) bond motifs is 1. The SMILES string of the molecule is CCOC(=O)[C@H]1[C@H]2C(=O)N(CCCCCO)C(C(=O)NCCN3CCOCC3)C23CC[C@]1(C)S3. The topological polar surface area (TPSA) is 108 Å². The molecule has 2 unspecified atom stereocenters. The number of morpholine rings is 1. The molecule has 5 atom stereocenters. The van der Waals surface area contributed by atoms with Gasteiger partial charge in [-0.15, -0.1) is 11.8 Å². The van der Waals surface area contributed by atoms with E-state index in [-0.39, 0.29) is 35.7 Å².